The lowest BCUT2D eigenvalue weighted by Gasteiger charge is -2.30. The normalized spacial score (nSPS) is 25.0. The van der Waals surface area contributed by atoms with Crippen molar-refractivity contribution in [1.82, 2.24) is 19.9 Å². The van der Waals surface area contributed by atoms with Crippen molar-refractivity contribution in [1.29, 1.82) is 5.26 Å². The lowest BCUT2D eigenvalue weighted by atomic mass is 9.94. The minimum absolute atomic E-state index is 0.107. The van der Waals surface area contributed by atoms with Crippen LogP contribution in [0.1, 0.15) is 78.5 Å². The SMILES string of the molecule is CC(C)C(N)C(=O)O[C@H]1[C@@H](OC(=O)[C@H](N)C(C)C)[C@H](c2ccc3c(N)ncnn23)O[C@]1(C#N)COCN[C@@H](C)C(=O)OC1CCCCC1. The number of anilines is 1. The molecular formula is C32H48N8O8. The smallest absolute Gasteiger partial charge is 0.323 e. The van der Waals surface area contributed by atoms with Gasteiger partial charge in [-0.2, -0.15) is 10.4 Å². The van der Waals surface area contributed by atoms with Crippen LogP contribution < -0.4 is 22.5 Å². The number of hydrogen-bond acceptors (Lipinski definition) is 15. The molecule has 0 aromatic carbocycles. The summed E-state index contributed by atoms with van der Waals surface area (Å²) < 4.78 is 31.1. The van der Waals surface area contributed by atoms with Crippen LogP contribution >= 0.6 is 0 Å². The molecule has 3 heterocycles. The molecule has 1 unspecified atom stereocenters. The Morgan fingerprint density at radius 1 is 1.02 bits per heavy atom. The minimum atomic E-state index is -2.01. The van der Waals surface area contributed by atoms with Crippen LogP contribution in [0.15, 0.2) is 18.5 Å². The Kier molecular flexibility index (Phi) is 12.3. The molecule has 2 aliphatic rings. The number of ether oxygens (including phenoxy) is 5. The van der Waals surface area contributed by atoms with Gasteiger partial charge >= 0.3 is 17.9 Å². The van der Waals surface area contributed by atoms with Gasteiger partial charge < -0.3 is 40.9 Å². The van der Waals surface area contributed by atoms with E-state index in [2.05, 4.69) is 21.5 Å². The summed E-state index contributed by atoms with van der Waals surface area (Å²) in [6.07, 6.45) is 1.86. The van der Waals surface area contributed by atoms with E-state index in [-0.39, 0.29) is 30.5 Å². The zero-order chi connectivity index (χ0) is 35.2. The van der Waals surface area contributed by atoms with Crippen LogP contribution in [0, 0.1) is 23.2 Å². The fraction of sp³-hybridized carbons (Fsp3) is 0.688. The molecule has 48 heavy (non-hydrogen) atoms. The first-order valence-electron chi connectivity index (χ1n) is 16.4. The van der Waals surface area contributed by atoms with Gasteiger partial charge in [0.25, 0.3) is 0 Å². The summed E-state index contributed by atoms with van der Waals surface area (Å²) in [5, 5.41) is 17.9. The monoisotopic (exact) mass is 672 g/mol. The Labute approximate surface area is 279 Å². The van der Waals surface area contributed by atoms with E-state index in [1.165, 1.54) is 10.8 Å². The van der Waals surface area contributed by atoms with Crippen molar-refractivity contribution in [3.8, 4) is 6.07 Å². The fourth-order valence-corrected chi connectivity index (χ4v) is 5.61. The Morgan fingerprint density at radius 3 is 2.29 bits per heavy atom. The number of nitrogens with two attached hydrogens (primary N) is 3. The first-order chi connectivity index (χ1) is 22.8. The number of esters is 3. The topological polar surface area (TPSA) is 241 Å². The molecule has 16 nitrogen and oxygen atoms in total. The van der Waals surface area contributed by atoms with E-state index < -0.39 is 66.6 Å². The first kappa shape index (κ1) is 36.9. The summed E-state index contributed by atoms with van der Waals surface area (Å²) in [5.41, 5.74) is 17.1. The number of nitriles is 1. The highest BCUT2D eigenvalue weighted by Gasteiger charge is 2.62. The number of carbonyl (C=O) groups excluding carboxylic acids is 3. The summed E-state index contributed by atoms with van der Waals surface area (Å²) >= 11 is 0. The number of nitrogens with zero attached hydrogens (tertiary/aromatic N) is 4. The summed E-state index contributed by atoms with van der Waals surface area (Å²) in [5.74, 6) is -2.48. The molecule has 7 atom stereocenters. The zero-order valence-corrected chi connectivity index (χ0v) is 28.2. The van der Waals surface area contributed by atoms with Gasteiger partial charge in [-0.3, -0.25) is 19.7 Å². The third kappa shape index (κ3) is 8.21. The van der Waals surface area contributed by atoms with E-state index >= 15 is 0 Å². The van der Waals surface area contributed by atoms with Gasteiger partial charge in [0.2, 0.25) is 5.60 Å². The van der Waals surface area contributed by atoms with Crippen LogP contribution in [0.4, 0.5) is 5.82 Å². The molecular weight excluding hydrogens is 624 g/mol. The summed E-state index contributed by atoms with van der Waals surface area (Å²) in [4.78, 5) is 43.3. The van der Waals surface area contributed by atoms with Crippen LogP contribution in [0.25, 0.3) is 5.52 Å². The van der Waals surface area contributed by atoms with Crippen molar-refractivity contribution in [3.63, 3.8) is 0 Å². The van der Waals surface area contributed by atoms with Gasteiger partial charge in [0, 0.05) is 0 Å². The van der Waals surface area contributed by atoms with E-state index in [1.807, 2.05) is 0 Å². The van der Waals surface area contributed by atoms with Crippen molar-refractivity contribution in [3.05, 3.63) is 24.2 Å². The highest BCUT2D eigenvalue weighted by Crippen LogP contribution is 2.44. The molecule has 0 spiro atoms. The predicted molar refractivity (Wildman–Crippen MR) is 171 cm³/mol. The number of nitrogens with one attached hydrogen (secondary N) is 1. The molecule has 7 N–H and O–H groups in total. The first-order valence-corrected chi connectivity index (χ1v) is 16.4. The third-order valence-corrected chi connectivity index (χ3v) is 8.86. The van der Waals surface area contributed by atoms with Crippen molar-refractivity contribution < 1.29 is 38.1 Å². The van der Waals surface area contributed by atoms with Crippen molar-refractivity contribution in [2.24, 2.45) is 23.3 Å². The molecule has 2 aromatic rings. The molecule has 1 aliphatic heterocycles. The second-order valence-corrected chi connectivity index (χ2v) is 13.2. The predicted octanol–water partition coefficient (Wildman–Crippen LogP) is 1.26. The van der Waals surface area contributed by atoms with E-state index in [0.29, 0.717) is 11.2 Å². The van der Waals surface area contributed by atoms with Crippen molar-refractivity contribution >= 4 is 29.2 Å². The fourth-order valence-electron chi connectivity index (χ4n) is 5.61. The average molecular weight is 673 g/mol. The molecule has 16 heteroatoms. The third-order valence-electron chi connectivity index (χ3n) is 8.86. The Morgan fingerprint density at radius 2 is 1.67 bits per heavy atom. The highest BCUT2D eigenvalue weighted by atomic mass is 16.7. The van der Waals surface area contributed by atoms with Crippen LogP contribution in [0.2, 0.25) is 0 Å². The van der Waals surface area contributed by atoms with Gasteiger partial charge in [-0.25, -0.2) is 9.50 Å². The average Bonchev–Trinajstić information content (AvgIpc) is 3.62. The van der Waals surface area contributed by atoms with Gasteiger partial charge in [-0.1, -0.05) is 34.1 Å². The Bertz CT molecular complexity index is 1470. The number of fused-ring (bicyclic) bond motifs is 1. The molecule has 1 aliphatic carbocycles. The van der Waals surface area contributed by atoms with Gasteiger partial charge in [0.05, 0.1) is 19.0 Å². The van der Waals surface area contributed by atoms with Crippen LogP contribution in [0.5, 0.6) is 0 Å². The maximum Gasteiger partial charge on any atom is 0.323 e. The van der Waals surface area contributed by atoms with Crippen LogP contribution in [-0.4, -0.2) is 87.9 Å². The number of nitrogen functional groups attached to an aromatic ring is 1. The van der Waals surface area contributed by atoms with Gasteiger partial charge in [0.1, 0.15) is 48.2 Å². The van der Waals surface area contributed by atoms with E-state index in [4.69, 9.17) is 40.9 Å². The van der Waals surface area contributed by atoms with Crippen molar-refractivity contribution in [2.45, 2.75) is 115 Å². The molecule has 1 saturated heterocycles. The number of hydrogen-bond donors (Lipinski definition) is 4. The number of rotatable bonds is 14. The second-order valence-electron chi connectivity index (χ2n) is 13.2. The summed E-state index contributed by atoms with van der Waals surface area (Å²) in [7, 11) is 0. The minimum Gasteiger partial charge on any atom is -0.461 e. The molecule has 4 rings (SSSR count). The maximum absolute atomic E-state index is 13.3. The van der Waals surface area contributed by atoms with Gasteiger partial charge in [0.15, 0.2) is 18.0 Å². The second kappa shape index (κ2) is 16.0. The molecule has 0 radical (unpaired) electrons. The standard InChI is InChI=1S/C32H48N8O8/c1-17(2)23(34)30(42)46-26-25(21-11-12-22-28(36)37-15-39-40(21)22)48-32(13-33,27(26)47-31(43)24(35)18(3)4)14-44-16-38-19(5)29(41)45-20-9-7-6-8-10-20/h11-12,15,17-20,23-27,38H,6-10,14,16,34-35H2,1-5H3,(H2,36,37,39)/t19-,23+,24?,25-,26-,27-,32+/m0/s1. The molecule has 2 aromatic heterocycles. The van der Waals surface area contributed by atoms with Crippen LogP contribution in [-0.2, 0) is 38.1 Å². The van der Waals surface area contributed by atoms with Gasteiger partial charge in [-0.15, -0.1) is 0 Å². The number of aromatic nitrogens is 3. The van der Waals surface area contributed by atoms with Crippen LogP contribution in [0.3, 0.4) is 0 Å². The molecule has 0 bridgehead atoms. The molecule has 0 amide bonds. The quantitative estimate of drug-likeness (QED) is 0.0956. The van der Waals surface area contributed by atoms with E-state index in [0.717, 1.165) is 32.1 Å². The Hall–Kier alpha value is -3.88. The Balaban J connectivity index is 1.63. The summed E-state index contributed by atoms with van der Waals surface area (Å²) in [6.45, 7) is 7.97. The number of carbonyl (C=O) groups is 3. The summed E-state index contributed by atoms with van der Waals surface area (Å²) in [6, 6.07) is 2.57. The highest BCUT2D eigenvalue weighted by molar-refractivity contribution is 5.77. The van der Waals surface area contributed by atoms with Gasteiger partial charge in [-0.05, 0) is 56.6 Å². The zero-order valence-electron chi connectivity index (χ0n) is 28.2. The molecule has 264 valence electrons. The lowest BCUT2D eigenvalue weighted by Crippen LogP contribution is -2.53. The van der Waals surface area contributed by atoms with E-state index in [9.17, 15) is 19.6 Å². The van der Waals surface area contributed by atoms with E-state index in [1.54, 1.807) is 46.8 Å². The lowest BCUT2D eigenvalue weighted by molar-refractivity contribution is -0.173. The molecule has 2 fully saturated rings. The largest absolute Gasteiger partial charge is 0.461 e. The van der Waals surface area contributed by atoms with Crippen molar-refractivity contribution in [2.75, 3.05) is 19.1 Å². The maximum atomic E-state index is 13.3. The molecule has 1 saturated carbocycles.